The monoisotopic (exact) mass is 533 g/mol. The van der Waals surface area contributed by atoms with Crippen LogP contribution in [0, 0.1) is 13.8 Å². The number of halogens is 1. The molecule has 3 heterocycles. The number of guanidine groups is 1. The van der Waals surface area contributed by atoms with Crippen molar-refractivity contribution in [1.29, 1.82) is 0 Å². The third-order valence-electron chi connectivity index (χ3n) is 4.94. The van der Waals surface area contributed by atoms with Crippen molar-refractivity contribution in [1.82, 2.24) is 30.3 Å². The number of hydrogen-bond acceptors (Lipinski definition) is 6. The number of morpholine rings is 1. The SMILES string of the molecule is CCNC(=NCc1nnc(C)n1C)NCC(c1ccc(C)s1)N1CCOCC1.I. The number of aliphatic imine (C=N–C) groups is 1. The summed E-state index contributed by atoms with van der Waals surface area (Å²) in [6.45, 7) is 11.8. The average Bonchev–Trinajstić information content (AvgIpc) is 3.27. The zero-order valence-corrected chi connectivity index (χ0v) is 20.8. The zero-order chi connectivity index (χ0) is 19.9. The van der Waals surface area contributed by atoms with Gasteiger partial charge in [0.2, 0.25) is 0 Å². The summed E-state index contributed by atoms with van der Waals surface area (Å²) < 4.78 is 7.52. The second-order valence-corrected chi connectivity index (χ2v) is 8.23. The van der Waals surface area contributed by atoms with Crippen molar-refractivity contribution in [3.05, 3.63) is 33.5 Å². The number of hydrogen-bond donors (Lipinski definition) is 2. The predicted molar refractivity (Wildman–Crippen MR) is 128 cm³/mol. The molecule has 0 radical (unpaired) electrons. The molecule has 0 aromatic carbocycles. The summed E-state index contributed by atoms with van der Waals surface area (Å²) in [5.41, 5.74) is 0. The molecule has 0 saturated carbocycles. The van der Waals surface area contributed by atoms with Crippen molar-refractivity contribution in [2.75, 3.05) is 39.4 Å². The molecule has 2 aromatic rings. The van der Waals surface area contributed by atoms with Crippen molar-refractivity contribution in [3.63, 3.8) is 0 Å². The molecular formula is C19H32IN7OS. The van der Waals surface area contributed by atoms with Gasteiger partial charge in [0.1, 0.15) is 12.4 Å². The molecule has 0 spiro atoms. The van der Waals surface area contributed by atoms with Crippen LogP contribution in [-0.4, -0.2) is 65.0 Å². The Bertz CT molecular complexity index is 785. The van der Waals surface area contributed by atoms with E-state index in [1.165, 1.54) is 9.75 Å². The first-order valence-corrected chi connectivity index (χ1v) is 10.6. The van der Waals surface area contributed by atoms with E-state index in [0.29, 0.717) is 12.6 Å². The Balaban J connectivity index is 0.00000300. The van der Waals surface area contributed by atoms with Gasteiger partial charge in [-0.1, -0.05) is 0 Å². The van der Waals surface area contributed by atoms with Crippen molar-refractivity contribution in [2.45, 2.75) is 33.4 Å². The zero-order valence-electron chi connectivity index (χ0n) is 17.6. The minimum Gasteiger partial charge on any atom is -0.379 e. The van der Waals surface area contributed by atoms with Gasteiger partial charge in [-0.05, 0) is 32.9 Å². The highest BCUT2D eigenvalue weighted by molar-refractivity contribution is 14.0. The first kappa shape index (κ1) is 24.0. The fourth-order valence-corrected chi connectivity index (χ4v) is 4.22. The molecule has 1 unspecified atom stereocenters. The Labute approximate surface area is 194 Å². The summed E-state index contributed by atoms with van der Waals surface area (Å²) in [6, 6.07) is 4.75. The molecule has 3 rings (SSSR count). The first-order valence-electron chi connectivity index (χ1n) is 9.83. The Morgan fingerprint density at radius 2 is 2.00 bits per heavy atom. The van der Waals surface area contributed by atoms with E-state index in [0.717, 1.165) is 57.0 Å². The largest absolute Gasteiger partial charge is 0.379 e. The van der Waals surface area contributed by atoms with Crippen LogP contribution < -0.4 is 10.6 Å². The molecule has 1 aliphatic heterocycles. The minimum absolute atomic E-state index is 0. The van der Waals surface area contributed by atoms with Crippen LogP contribution >= 0.6 is 35.3 Å². The van der Waals surface area contributed by atoms with Crippen LogP contribution in [0.2, 0.25) is 0 Å². The van der Waals surface area contributed by atoms with Crippen LogP contribution in [0.1, 0.15) is 34.4 Å². The predicted octanol–water partition coefficient (Wildman–Crippen LogP) is 2.24. The number of nitrogens with one attached hydrogen (secondary N) is 2. The second-order valence-electron chi connectivity index (χ2n) is 6.91. The highest BCUT2D eigenvalue weighted by Gasteiger charge is 2.24. The summed E-state index contributed by atoms with van der Waals surface area (Å²) in [5.74, 6) is 2.55. The Morgan fingerprint density at radius 3 is 2.59 bits per heavy atom. The molecule has 29 heavy (non-hydrogen) atoms. The number of thiophene rings is 1. The maximum absolute atomic E-state index is 5.55. The van der Waals surface area contributed by atoms with E-state index in [9.17, 15) is 0 Å². The Kier molecular flexibility index (Phi) is 9.80. The summed E-state index contributed by atoms with van der Waals surface area (Å²) in [7, 11) is 1.97. The van der Waals surface area contributed by atoms with E-state index in [-0.39, 0.29) is 24.0 Å². The number of aromatic nitrogens is 3. The highest BCUT2D eigenvalue weighted by Crippen LogP contribution is 2.27. The molecule has 1 saturated heterocycles. The maximum Gasteiger partial charge on any atom is 0.191 e. The molecule has 2 aromatic heterocycles. The molecule has 0 amide bonds. The van der Waals surface area contributed by atoms with Crippen LogP contribution in [0.5, 0.6) is 0 Å². The van der Waals surface area contributed by atoms with Gasteiger partial charge in [0.05, 0.1) is 19.3 Å². The first-order chi connectivity index (χ1) is 13.6. The second kappa shape index (κ2) is 11.8. The highest BCUT2D eigenvalue weighted by atomic mass is 127. The lowest BCUT2D eigenvalue weighted by atomic mass is 10.2. The quantitative estimate of drug-likeness (QED) is 0.323. The third-order valence-corrected chi connectivity index (χ3v) is 6.05. The van der Waals surface area contributed by atoms with Gasteiger partial charge >= 0.3 is 0 Å². The lowest BCUT2D eigenvalue weighted by molar-refractivity contribution is 0.0177. The maximum atomic E-state index is 5.55. The van der Waals surface area contributed by atoms with Crippen LogP contribution in [0.3, 0.4) is 0 Å². The van der Waals surface area contributed by atoms with Gasteiger partial charge in [0.25, 0.3) is 0 Å². The molecule has 10 heteroatoms. The Morgan fingerprint density at radius 1 is 1.24 bits per heavy atom. The van der Waals surface area contributed by atoms with Crippen molar-refractivity contribution < 1.29 is 4.74 Å². The van der Waals surface area contributed by atoms with Gasteiger partial charge < -0.3 is 19.9 Å². The summed E-state index contributed by atoms with van der Waals surface area (Å²) in [4.78, 5) is 9.92. The van der Waals surface area contributed by atoms with Gasteiger partial charge in [0.15, 0.2) is 11.8 Å². The van der Waals surface area contributed by atoms with E-state index in [2.05, 4.69) is 51.7 Å². The summed E-state index contributed by atoms with van der Waals surface area (Å²) in [6.07, 6.45) is 0. The van der Waals surface area contributed by atoms with E-state index < -0.39 is 0 Å². The summed E-state index contributed by atoms with van der Waals surface area (Å²) >= 11 is 1.87. The van der Waals surface area contributed by atoms with Gasteiger partial charge in [-0.15, -0.1) is 45.5 Å². The van der Waals surface area contributed by atoms with E-state index in [1.807, 2.05) is 29.9 Å². The molecule has 8 nitrogen and oxygen atoms in total. The molecule has 1 fully saturated rings. The molecule has 0 aliphatic carbocycles. The smallest absolute Gasteiger partial charge is 0.191 e. The topological polar surface area (TPSA) is 79.6 Å². The number of rotatable bonds is 7. The molecular weight excluding hydrogens is 501 g/mol. The van der Waals surface area contributed by atoms with Crippen LogP contribution in [0.15, 0.2) is 17.1 Å². The van der Waals surface area contributed by atoms with Crippen molar-refractivity contribution in [2.24, 2.45) is 12.0 Å². The van der Waals surface area contributed by atoms with Gasteiger partial charge in [-0.3, -0.25) is 4.90 Å². The van der Waals surface area contributed by atoms with Crippen LogP contribution in [-0.2, 0) is 18.3 Å². The normalized spacial score (nSPS) is 16.3. The summed E-state index contributed by atoms with van der Waals surface area (Å²) in [5, 5.41) is 15.2. The standard InChI is InChI=1S/C19H31N7OS.HI/c1-5-20-19(22-13-18-24-23-15(3)25(18)4)21-12-16(17-7-6-14(2)28-17)26-8-10-27-11-9-26;/h6-7,16H,5,8-13H2,1-4H3,(H2,20,21,22);1H. The average molecular weight is 533 g/mol. The molecule has 0 bridgehead atoms. The molecule has 162 valence electrons. The lowest BCUT2D eigenvalue weighted by Crippen LogP contribution is -2.46. The lowest BCUT2D eigenvalue weighted by Gasteiger charge is -2.34. The van der Waals surface area contributed by atoms with E-state index in [1.54, 1.807) is 0 Å². The molecule has 1 aliphatic rings. The van der Waals surface area contributed by atoms with Gasteiger partial charge in [0, 0.05) is 43.0 Å². The molecule has 2 N–H and O–H groups in total. The van der Waals surface area contributed by atoms with Crippen LogP contribution in [0.4, 0.5) is 0 Å². The van der Waals surface area contributed by atoms with Crippen molar-refractivity contribution >= 4 is 41.3 Å². The van der Waals surface area contributed by atoms with Gasteiger partial charge in [-0.25, -0.2) is 4.99 Å². The molecule has 1 atom stereocenters. The number of ether oxygens (including phenoxy) is 1. The number of aryl methyl sites for hydroxylation is 2. The fourth-order valence-electron chi connectivity index (χ4n) is 3.20. The Hall–Kier alpha value is -1.24. The van der Waals surface area contributed by atoms with E-state index >= 15 is 0 Å². The van der Waals surface area contributed by atoms with Crippen molar-refractivity contribution in [3.8, 4) is 0 Å². The number of nitrogens with zero attached hydrogens (tertiary/aromatic N) is 5. The van der Waals surface area contributed by atoms with Crippen LogP contribution in [0.25, 0.3) is 0 Å². The van der Waals surface area contributed by atoms with E-state index in [4.69, 9.17) is 9.73 Å². The fraction of sp³-hybridized carbons (Fsp3) is 0.632. The van der Waals surface area contributed by atoms with Gasteiger partial charge in [-0.2, -0.15) is 0 Å². The third kappa shape index (κ3) is 6.63. The minimum atomic E-state index is 0.